The van der Waals surface area contributed by atoms with Crippen molar-refractivity contribution in [1.82, 2.24) is 0 Å². The van der Waals surface area contributed by atoms with Gasteiger partial charge in [-0.2, -0.15) is 0 Å². The third-order valence-corrected chi connectivity index (χ3v) is 6.16. The minimum Gasteiger partial charge on any atom is -0.494 e. The summed E-state index contributed by atoms with van der Waals surface area (Å²) in [6.45, 7) is 8.07. The van der Waals surface area contributed by atoms with Crippen LogP contribution in [0.15, 0.2) is 48.5 Å². The lowest BCUT2D eigenvalue weighted by Gasteiger charge is -2.13. The Morgan fingerprint density at radius 2 is 1.23 bits per heavy atom. The average Bonchev–Trinajstić information content (AvgIpc) is 2.87. The normalized spacial score (nSPS) is 11.9. The number of benzene rings is 2. The van der Waals surface area contributed by atoms with Crippen molar-refractivity contribution < 1.29 is 19.0 Å². The van der Waals surface area contributed by atoms with E-state index in [0.29, 0.717) is 17.9 Å². The number of rotatable bonds is 19. The van der Waals surface area contributed by atoms with E-state index in [1.807, 2.05) is 36.4 Å². The molecule has 0 aliphatic heterocycles. The van der Waals surface area contributed by atoms with Crippen LogP contribution in [0, 0.1) is 0 Å². The fourth-order valence-corrected chi connectivity index (χ4v) is 4.00. The molecule has 2 aromatic carbocycles. The Bertz CT molecular complexity index is 798. The zero-order valence-electron chi connectivity index (χ0n) is 22.2. The average molecular weight is 483 g/mol. The molecule has 0 heterocycles. The van der Waals surface area contributed by atoms with Crippen LogP contribution >= 0.6 is 0 Å². The molecule has 0 radical (unpaired) electrons. The van der Waals surface area contributed by atoms with E-state index in [9.17, 15) is 4.79 Å². The van der Waals surface area contributed by atoms with E-state index in [-0.39, 0.29) is 12.1 Å². The number of hydrogen-bond donors (Lipinski definition) is 0. The Morgan fingerprint density at radius 3 is 1.89 bits per heavy atom. The zero-order valence-corrected chi connectivity index (χ0v) is 22.2. The summed E-state index contributed by atoms with van der Waals surface area (Å²) in [6, 6.07) is 14.9. The van der Waals surface area contributed by atoms with Crippen LogP contribution in [-0.4, -0.2) is 25.3 Å². The van der Waals surface area contributed by atoms with Gasteiger partial charge >= 0.3 is 5.97 Å². The highest BCUT2D eigenvalue weighted by Crippen LogP contribution is 2.18. The summed E-state index contributed by atoms with van der Waals surface area (Å²) in [4.78, 5) is 12.5. The summed E-state index contributed by atoms with van der Waals surface area (Å²) < 4.78 is 17.2. The van der Waals surface area contributed by atoms with Gasteiger partial charge in [0.25, 0.3) is 0 Å². The van der Waals surface area contributed by atoms with Crippen molar-refractivity contribution in [2.45, 2.75) is 104 Å². The Balaban J connectivity index is 1.66. The van der Waals surface area contributed by atoms with Crippen LogP contribution in [0.3, 0.4) is 0 Å². The van der Waals surface area contributed by atoms with Crippen LogP contribution in [0.4, 0.5) is 0 Å². The predicted octanol–water partition coefficient (Wildman–Crippen LogP) is 8.56. The van der Waals surface area contributed by atoms with Gasteiger partial charge in [0.15, 0.2) is 0 Å². The molecule has 2 rings (SSSR count). The van der Waals surface area contributed by atoms with Gasteiger partial charge in [-0.15, -0.1) is 0 Å². The SMILES string of the molecule is CCCCCCCCCCOc1ccc(C(=O)Oc2ccc(CC(C)OCCCCC)cc2)cc1. The number of unbranched alkanes of at least 4 members (excludes halogenated alkanes) is 9. The number of hydrogen-bond acceptors (Lipinski definition) is 4. The van der Waals surface area contributed by atoms with Gasteiger partial charge in [-0.05, 0) is 68.1 Å². The van der Waals surface area contributed by atoms with Crippen LogP contribution < -0.4 is 9.47 Å². The van der Waals surface area contributed by atoms with Crippen molar-refractivity contribution in [2.24, 2.45) is 0 Å². The third kappa shape index (κ3) is 12.8. The highest BCUT2D eigenvalue weighted by Gasteiger charge is 2.10. The Morgan fingerprint density at radius 1 is 0.686 bits per heavy atom. The molecule has 1 unspecified atom stereocenters. The molecule has 1 atom stereocenters. The summed E-state index contributed by atoms with van der Waals surface area (Å²) >= 11 is 0. The minimum absolute atomic E-state index is 0.177. The molecule has 0 aromatic heterocycles. The van der Waals surface area contributed by atoms with Gasteiger partial charge < -0.3 is 14.2 Å². The highest BCUT2D eigenvalue weighted by molar-refractivity contribution is 5.91. The van der Waals surface area contributed by atoms with E-state index in [0.717, 1.165) is 31.6 Å². The molecule has 4 heteroatoms. The number of carbonyl (C=O) groups is 1. The lowest BCUT2D eigenvalue weighted by molar-refractivity contribution is 0.0636. The van der Waals surface area contributed by atoms with E-state index in [1.54, 1.807) is 12.1 Å². The van der Waals surface area contributed by atoms with E-state index < -0.39 is 0 Å². The molecule has 0 spiro atoms. The second-order valence-corrected chi connectivity index (χ2v) is 9.47. The second kappa shape index (κ2) is 18.0. The predicted molar refractivity (Wildman–Crippen MR) is 145 cm³/mol. The summed E-state index contributed by atoms with van der Waals surface area (Å²) in [6.07, 6.45) is 14.8. The second-order valence-electron chi connectivity index (χ2n) is 9.47. The first kappa shape index (κ1) is 28.9. The molecular weight excluding hydrogens is 436 g/mol. The minimum atomic E-state index is -0.361. The van der Waals surface area contributed by atoms with E-state index in [4.69, 9.17) is 14.2 Å². The zero-order chi connectivity index (χ0) is 25.1. The van der Waals surface area contributed by atoms with Gasteiger partial charge in [-0.3, -0.25) is 0 Å². The monoisotopic (exact) mass is 482 g/mol. The molecule has 0 bridgehead atoms. The maximum absolute atomic E-state index is 12.5. The number of esters is 1. The molecule has 35 heavy (non-hydrogen) atoms. The number of ether oxygens (including phenoxy) is 3. The molecule has 194 valence electrons. The molecule has 0 saturated carbocycles. The molecule has 0 N–H and O–H groups in total. The van der Waals surface area contributed by atoms with Gasteiger partial charge in [0.05, 0.1) is 18.3 Å². The Labute approximate surface area is 213 Å². The quantitative estimate of drug-likeness (QED) is 0.114. The molecule has 0 aliphatic carbocycles. The van der Waals surface area contributed by atoms with Crippen molar-refractivity contribution in [1.29, 1.82) is 0 Å². The smallest absolute Gasteiger partial charge is 0.343 e. The van der Waals surface area contributed by atoms with Crippen molar-refractivity contribution >= 4 is 5.97 Å². The molecule has 0 aliphatic rings. The highest BCUT2D eigenvalue weighted by atomic mass is 16.5. The van der Waals surface area contributed by atoms with E-state index in [1.165, 1.54) is 63.4 Å². The summed E-state index contributed by atoms with van der Waals surface area (Å²) in [5.41, 5.74) is 1.69. The molecule has 0 fully saturated rings. The summed E-state index contributed by atoms with van der Waals surface area (Å²) in [7, 11) is 0. The van der Waals surface area contributed by atoms with Crippen LogP contribution in [-0.2, 0) is 11.2 Å². The first-order valence-corrected chi connectivity index (χ1v) is 13.8. The van der Waals surface area contributed by atoms with Crippen molar-refractivity contribution in [3.8, 4) is 11.5 Å². The maximum Gasteiger partial charge on any atom is 0.343 e. The standard InChI is InChI=1S/C31H46O4/c1-4-6-8-9-10-11-12-14-24-34-29-21-17-28(18-22-29)31(32)35-30-19-15-27(16-20-30)25-26(3)33-23-13-7-5-2/h15-22,26H,4-14,23-25H2,1-3H3. The molecule has 4 nitrogen and oxygen atoms in total. The van der Waals surface area contributed by atoms with Gasteiger partial charge in [0, 0.05) is 6.61 Å². The Hall–Kier alpha value is -2.33. The number of carbonyl (C=O) groups excluding carboxylic acids is 1. The molecular formula is C31H46O4. The lowest BCUT2D eigenvalue weighted by Crippen LogP contribution is -2.12. The topological polar surface area (TPSA) is 44.8 Å². The largest absolute Gasteiger partial charge is 0.494 e. The Kier molecular flexibility index (Phi) is 14.9. The van der Waals surface area contributed by atoms with Crippen LogP contribution in [0.25, 0.3) is 0 Å². The van der Waals surface area contributed by atoms with Gasteiger partial charge in [-0.25, -0.2) is 4.79 Å². The van der Waals surface area contributed by atoms with Crippen LogP contribution in [0.5, 0.6) is 11.5 Å². The fourth-order valence-electron chi connectivity index (χ4n) is 4.00. The van der Waals surface area contributed by atoms with Crippen LogP contribution in [0.2, 0.25) is 0 Å². The first-order valence-electron chi connectivity index (χ1n) is 13.8. The maximum atomic E-state index is 12.5. The summed E-state index contributed by atoms with van der Waals surface area (Å²) in [5, 5.41) is 0. The molecule has 0 amide bonds. The van der Waals surface area contributed by atoms with E-state index >= 15 is 0 Å². The third-order valence-electron chi connectivity index (χ3n) is 6.16. The van der Waals surface area contributed by atoms with Gasteiger partial charge in [0.2, 0.25) is 0 Å². The van der Waals surface area contributed by atoms with Gasteiger partial charge in [-0.1, -0.05) is 83.8 Å². The molecule has 0 saturated heterocycles. The van der Waals surface area contributed by atoms with Crippen molar-refractivity contribution in [3.63, 3.8) is 0 Å². The van der Waals surface area contributed by atoms with Gasteiger partial charge in [0.1, 0.15) is 11.5 Å². The first-order chi connectivity index (χ1) is 17.1. The van der Waals surface area contributed by atoms with Crippen molar-refractivity contribution in [2.75, 3.05) is 13.2 Å². The van der Waals surface area contributed by atoms with Crippen LogP contribution in [0.1, 0.15) is 107 Å². The lowest BCUT2D eigenvalue weighted by atomic mass is 10.1. The van der Waals surface area contributed by atoms with Crippen molar-refractivity contribution in [3.05, 3.63) is 59.7 Å². The molecule has 2 aromatic rings. The fraction of sp³-hybridized carbons (Fsp3) is 0.581. The summed E-state index contributed by atoms with van der Waals surface area (Å²) in [5.74, 6) is 0.977. The van der Waals surface area contributed by atoms with E-state index in [2.05, 4.69) is 20.8 Å².